The summed E-state index contributed by atoms with van der Waals surface area (Å²) < 4.78 is 1.43. The number of nitrogens with zero attached hydrogens (tertiary/aromatic N) is 4. The molecule has 0 saturated carbocycles. The van der Waals surface area contributed by atoms with E-state index in [1.54, 1.807) is 31.2 Å². The van der Waals surface area contributed by atoms with Crippen LogP contribution in [0.5, 0.6) is 0 Å². The Hall–Kier alpha value is -2.64. The zero-order chi connectivity index (χ0) is 19.2. The van der Waals surface area contributed by atoms with E-state index in [0.717, 1.165) is 9.80 Å². The topological polar surface area (TPSA) is 75.5 Å². The molecule has 0 radical (unpaired) electrons. The lowest BCUT2D eigenvalue weighted by molar-refractivity contribution is -0.134. The van der Waals surface area contributed by atoms with Gasteiger partial charge < -0.3 is 0 Å². The van der Waals surface area contributed by atoms with Gasteiger partial charge in [0.05, 0.1) is 16.4 Å². The first kappa shape index (κ1) is 18.2. The summed E-state index contributed by atoms with van der Waals surface area (Å²) in [6.07, 6.45) is 1.35. The number of amides is 4. The smallest absolute Gasteiger partial charge is 0.268 e. The molecule has 9 heteroatoms. The largest absolute Gasteiger partial charge is 0.333 e. The van der Waals surface area contributed by atoms with E-state index in [1.807, 2.05) is 0 Å². The van der Waals surface area contributed by atoms with E-state index in [2.05, 4.69) is 5.10 Å². The third-order valence-electron chi connectivity index (χ3n) is 4.06. The van der Waals surface area contributed by atoms with Crippen molar-refractivity contribution < 1.29 is 14.4 Å². The predicted molar refractivity (Wildman–Crippen MR) is 97.2 cm³/mol. The Balaban J connectivity index is 2.13. The minimum absolute atomic E-state index is 0.168. The maximum Gasteiger partial charge on any atom is 0.333 e. The highest BCUT2D eigenvalue weighted by Gasteiger charge is 2.38. The maximum absolute atomic E-state index is 12.3. The second kappa shape index (κ2) is 6.59. The minimum Gasteiger partial charge on any atom is -0.268 e. The summed E-state index contributed by atoms with van der Waals surface area (Å²) in [7, 11) is 2.62. The SMILES string of the molecule is Cc1nn(-c2ccccc2Cl)c(Cl)c1C=C1C(=O)N(C)C(=O)N(C)C1=O. The summed E-state index contributed by atoms with van der Waals surface area (Å²) in [5.41, 5.74) is 1.31. The molecule has 1 aliphatic heterocycles. The average Bonchev–Trinajstić information content (AvgIpc) is 2.90. The molecule has 1 saturated heterocycles. The molecular weight excluding hydrogens is 379 g/mol. The van der Waals surface area contributed by atoms with Crippen LogP contribution in [0.15, 0.2) is 29.8 Å². The van der Waals surface area contributed by atoms with Gasteiger partial charge in [0.25, 0.3) is 11.8 Å². The molecule has 0 bridgehead atoms. The molecule has 1 aromatic heterocycles. The van der Waals surface area contributed by atoms with Crippen LogP contribution < -0.4 is 0 Å². The van der Waals surface area contributed by atoms with Crippen LogP contribution in [0.1, 0.15) is 11.3 Å². The van der Waals surface area contributed by atoms with Gasteiger partial charge in [-0.3, -0.25) is 19.4 Å². The Morgan fingerprint density at radius 1 is 1.00 bits per heavy atom. The number of aromatic nitrogens is 2. The highest BCUT2D eigenvalue weighted by atomic mass is 35.5. The van der Waals surface area contributed by atoms with Crippen molar-refractivity contribution in [2.24, 2.45) is 0 Å². The number of halogens is 2. The van der Waals surface area contributed by atoms with Crippen molar-refractivity contribution in [1.82, 2.24) is 19.6 Å². The molecule has 0 atom stereocenters. The van der Waals surface area contributed by atoms with Gasteiger partial charge in [0.2, 0.25) is 0 Å². The van der Waals surface area contributed by atoms with Gasteiger partial charge in [-0.25, -0.2) is 9.48 Å². The monoisotopic (exact) mass is 392 g/mol. The normalized spacial score (nSPS) is 15.1. The van der Waals surface area contributed by atoms with Gasteiger partial charge in [-0.05, 0) is 25.1 Å². The van der Waals surface area contributed by atoms with Gasteiger partial charge in [0, 0.05) is 19.7 Å². The Bertz CT molecular complexity index is 954. The van der Waals surface area contributed by atoms with Crippen LogP contribution >= 0.6 is 23.2 Å². The van der Waals surface area contributed by atoms with Crippen molar-refractivity contribution in [2.45, 2.75) is 6.92 Å². The summed E-state index contributed by atoms with van der Waals surface area (Å²) in [5.74, 6) is -1.39. The fourth-order valence-corrected chi connectivity index (χ4v) is 3.11. The number of hydrogen-bond donors (Lipinski definition) is 0. The summed E-state index contributed by atoms with van der Waals surface area (Å²) in [4.78, 5) is 38.3. The third kappa shape index (κ3) is 2.79. The van der Waals surface area contributed by atoms with E-state index >= 15 is 0 Å². The molecule has 0 aliphatic carbocycles. The number of benzene rings is 1. The summed E-state index contributed by atoms with van der Waals surface area (Å²) in [6, 6.07) is 6.32. The number of imide groups is 2. The quantitative estimate of drug-likeness (QED) is 0.581. The molecule has 1 aliphatic rings. The molecular formula is C17H14Cl2N4O3. The van der Waals surface area contributed by atoms with Crippen molar-refractivity contribution in [2.75, 3.05) is 14.1 Å². The van der Waals surface area contributed by atoms with Crippen molar-refractivity contribution >= 4 is 47.1 Å². The van der Waals surface area contributed by atoms with E-state index in [-0.39, 0.29) is 10.7 Å². The standard InChI is InChI=1S/C17H14Cl2N4O3/c1-9-10(8-11-15(24)21(2)17(26)22(3)16(11)25)14(19)23(20-9)13-7-5-4-6-12(13)18/h4-8H,1-3H3. The molecule has 1 aromatic carbocycles. The molecule has 134 valence electrons. The number of aryl methyl sites for hydroxylation is 1. The Morgan fingerprint density at radius 2 is 1.58 bits per heavy atom. The molecule has 2 aromatic rings. The number of para-hydroxylation sites is 1. The Morgan fingerprint density at radius 3 is 2.15 bits per heavy atom. The average molecular weight is 393 g/mol. The van der Waals surface area contributed by atoms with E-state index in [9.17, 15) is 14.4 Å². The lowest BCUT2D eigenvalue weighted by Gasteiger charge is -2.28. The lowest BCUT2D eigenvalue weighted by atomic mass is 10.1. The number of likely N-dealkylation sites (N-methyl/N-ethyl adjacent to an activating group) is 2. The van der Waals surface area contributed by atoms with Crippen LogP contribution in [-0.2, 0) is 9.59 Å². The predicted octanol–water partition coefficient (Wildman–Crippen LogP) is 2.92. The van der Waals surface area contributed by atoms with Crippen molar-refractivity contribution in [1.29, 1.82) is 0 Å². The van der Waals surface area contributed by atoms with Crippen LogP contribution in [-0.4, -0.2) is 51.5 Å². The first-order valence-electron chi connectivity index (χ1n) is 7.55. The van der Waals surface area contributed by atoms with Crippen LogP contribution in [0.25, 0.3) is 11.8 Å². The second-order valence-corrected chi connectivity index (χ2v) is 6.49. The summed E-state index contributed by atoms with van der Waals surface area (Å²) in [5, 5.41) is 5.00. The molecule has 3 rings (SSSR count). The molecule has 0 N–H and O–H groups in total. The second-order valence-electron chi connectivity index (χ2n) is 5.72. The van der Waals surface area contributed by atoms with Crippen LogP contribution in [0, 0.1) is 6.92 Å². The number of hydrogen-bond acceptors (Lipinski definition) is 4. The van der Waals surface area contributed by atoms with E-state index in [4.69, 9.17) is 23.2 Å². The third-order valence-corrected chi connectivity index (χ3v) is 4.74. The summed E-state index contributed by atoms with van der Waals surface area (Å²) in [6.45, 7) is 1.70. The first-order chi connectivity index (χ1) is 12.2. The minimum atomic E-state index is -0.695. The van der Waals surface area contributed by atoms with Gasteiger partial charge in [-0.1, -0.05) is 35.3 Å². The van der Waals surface area contributed by atoms with Crippen LogP contribution in [0.4, 0.5) is 4.79 Å². The van der Waals surface area contributed by atoms with Crippen molar-refractivity contribution in [3.05, 3.63) is 51.3 Å². The lowest BCUT2D eigenvalue weighted by Crippen LogP contribution is -2.52. The molecule has 26 heavy (non-hydrogen) atoms. The number of carbonyl (C=O) groups excluding carboxylic acids is 3. The van der Waals surface area contributed by atoms with Crippen LogP contribution in [0.2, 0.25) is 10.2 Å². The zero-order valence-corrected chi connectivity index (χ0v) is 15.7. The summed E-state index contributed by atoms with van der Waals surface area (Å²) >= 11 is 12.6. The Labute approximate surface area is 159 Å². The zero-order valence-electron chi connectivity index (χ0n) is 14.2. The Kier molecular flexibility index (Phi) is 4.60. The van der Waals surface area contributed by atoms with Gasteiger partial charge in [0.15, 0.2) is 0 Å². The van der Waals surface area contributed by atoms with Gasteiger partial charge in [-0.2, -0.15) is 5.10 Å². The van der Waals surface area contributed by atoms with Gasteiger partial charge >= 0.3 is 6.03 Å². The molecule has 4 amide bonds. The molecule has 2 heterocycles. The van der Waals surface area contributed by atoms with E-state index < -0.39 is 17.8 Å². The molecule has 1 fully saturated rings. The van der Waals surface area contributed by atoms with E-state index in [1.165, 1.54) is 24.9 Å². The molecule has 0 unspecified atom stereocenters. The molecule has 7 nitrogen and oxygen atoms in total. The van der Waals surface area contributed by atoms with E-state index in [0.29, 0.717) is 22.0 Å². The number of carbonyl (C=O) groups is 3. The number of urea groups is 1. The maximum atomic E-state index is 12.3. The van der Waals surface area contributed by atoms with Crippen molar-refractivity contribution in [3.63, 3.8) is 0 Å². The van der Waals surface area contributed by atoms with Gasteiger partial charge in [0.1, 0.15) is 10.7 Å². The first-order valence-corrected chi connectivity index (χ1v) is 8.31. The highest BCUT2D eigenvalue weighted by molar-refractivity contribution is 6.35. The molecule has 0 spiro atoms. The number of barbiturate groups is 1. The van der Waals surface area contributed by atoms with Gasteiger partial charge in [-0.15, -0.1) is 0 Å². The fraction of sp³-hybridized carbons (Fsp3) is 0.176. The van der Waals surface area contributed by atoms with Crippen LogP contribution in [0.3, 0.4) is 0 Å². The number of rotatable bonds is 2. The highest BCUT2D eigenvalue weighted by Crippen LogP contribution is 2.30. The van der Waals surface area contributed by atoms with Crippen molar-refractivity contribution in [3.8, 4) is 5.69 Å². The fourth-order valence-electron chi connectivity index (χ4n) is 2.58.